The number of rotatable bonds is 5. The van der Waals surface area contributed by atoms with Crippen molar-refractivity contribution in [2.24, 2.45) is 29.6 Å². The summed E-state index contributed by atoms with van der Waals surface area (Å²) in [6.45, 7) is 20.2. The highest BCUT2D eigenvalue weighted by Crippen LogP contribution is 2.39. The normalized spacial score (nSPS) is 19.3. The van der Waals surface area contributed by atoms with E-state index in [9.17, 15) is 28.4 Å². The van der Waals surface area contributed by atoms with Crippen molar-refractivity contribution in [1.82, 2.24) is 0 Å². The number of fused-ring (bicyclic) bond motifs is 5. The lowest BCUT2D eigenvalue weighted by Crippen LogP contribution is -2.03. The Morgan fingerprint density at radius 3 is 1.43 bits per heavy atom. The number of hydrogen-bond donors (Lipinski definition) is 2. The van der Waals surface area contributed by atoms with E-state index in [2.05, 4.69) is 141 Å². The molecule has 0 spiro atoms. The molecule has 0 radical (unpaired) electrons. The average Bonchev–Trinajstić information content (AvgIpc) is 4.07. The SMILES string of the molecule is C=Cc1ccc(Br)c2c1CC(C)C2=O.CC1Cc2c(C(C)C)ccc(Br)c2C1=O.CC1Cc2cc(Br)cc(Br)c2C1=O.CC1Cc2cc(F)cc(Br)c2C1=O.CCCCc1cc(Br)c2c(c1)CC(C)C2=O.O=S(=O)(O)O. The van der Waals surface area contributed by atoms with E-state index in [0.29, 0.717) is 33.9 Å². The van der Waals surface area contributed by atoms with Crippen molar-refractivity contribution < 1.29 is 45.9 Å². The van der Waals surface area contributed by atoms with Crippen LogP contribution in [0, 0.1) is 35.4 Å². The van der Waals surface area contributed by atoms with Gasteiger partial charge < -0.3 is 0 Å². The highest BCUT2D eigenvalue weighted by Gasteiger charge is 2.34. The summed E-state index contributed by atoms with van der Waals surface area (Å²) in [7, 11) is -4.67. The lowest BCUT2D eigenvalue weighted by molar-refractivity contribution is 0.0938. The molecular formula is C59H61Br6FO9S. The molecule has 5 atom stereocenters. The van der Waals surface area contributed by atoms with Crippen LogP contribution < -0.4 is 0 Å². The van der Waals surface area contributed by atoms with Crippen molar-refractivity contribution in [3.63, 3.8) is 0 Å². The minimum atomic E-state index is -4.67. The summed E-state index contributed by atoms with van der Waals surface area (Å²) in [5.74, 6) is 1.97. The van der Waals surface area contributed by atoms with Crippen molar-refractivity contribution in [2.75, 3.05) is 0 Å². The highest BCUT2D eigenvalue weighted by molar-refractivity contribution is 9.11. The predicted octanol–water partition coefficient (Wildman–Crippen LogP) is 17.5. The number of hydrogen-bond acceptors (Lipinski definition) is 7. The molecule has 0 amide bonds. The van der Waals surface area contributed by atoms with E-state index >= 15 is 0 Å². The molecule has 5 unspecified atom stereocenters. The molecule has 17 heteroatoms. The number of Topliss-reactive ketones (excluding diaryl/α,β-unsaturated/α-hetero) is 5. The monoisotopic (exact) mass is 1440 g/mol. The Morgan fingerprint density at radius 1 is 0.566 bits per heavy atom. The van der Waals surface area contributed by atoms with Gasteiger partial charge in [0.1, 0.15) is 5.82 Å². The third kappa shape index (κ3) is 15.6. The molecule has 10 rings (SSSR count). The van der Waals surface area contributed by atoms with E-state index < -0.39 is 10.4 Å². The zero-order valence-electron chi connectivity index (χ0n) is 43.5. The molecule has 0 saturated carbocycles. The summed E-state index contributed by atoms with van der Waals surface area (Å²) >= 11 is 20.5. The van der Waals surface area contributed by atoms with Crippen LogP contribution in [0.2, 0.25) is 0 Å². The lowest BCUT2D eigenvalue weighted by atomic mass is 9.94. The van der Waals surface area contributed by atoms with Gasteiger partial charge in [-0.15, -0.1) is 0 Å². The molecule has 0 aliphatic heterocycles. The summed E-state index contributed by atoms with van der Waals surface area (Å²) in [6, 6.07) is 19.1. The van der Waals surface area contributed by atoms with Gasteiger partial charge in [-0.3, -0.25) is 33.1 Å². The number of benzene rings is 5. The maximum absolute atomic E-state index is 12.9. The molecule has 2 N–H and O–H groups in total. The quantitative estimate of drug-likeness (QED) is 0.163. The molecular weight excluding hydrogens is 1380 g/mol. The summed E-state index contributed by atoms with van der Waals surface area (Å²) in [5, 5.41) is 0. The summed E-state index contributed by atoms with van der Waals surface area (Å²) in [5.41, 5.74) is 13.6. The van der Waals surface area contributed by atoms with Crippen LogP contribution in [-0.2, 0) is 48.9 Å². The van der Waals surface area contributed by atoms with Gasteiger partial charge in [-0.05, 0) is 170 Å². The topological polar surface area (TPSA) is 160 Å². The molecule has 0 saturated heterocycles. The van der Waals surface area contributed by atoms with Crippen molar-refractivity contribution in [2.45, 2.75) is 113 Å². The molecule has 406 valence electrons. The first-order valence-corrected chi connectivity index (χ1v) is 31.1. The van der Waals surface area contributed by atoms with Crippen molar-refractivity contribution in [3.8, 4) is 0 Å². The van der Waals surface area contributed by atoms with Gasteiger partial charge in [-0.2, -0.15) is 8.42 Å². The summed E-state index contributed by atoms with van der Waals surface area (Å²) < 4.78 is 49.9. The molecule has 0 aromatic heterocycles. The Morgan fingerprint density at radius 2 is 0.961 bits per heavy atom. The molecule has 0 heterocycles. The first-order valence-electron chi connectivity index (χ1n) is 24.9. The number of halogens is 7. The van der Waals surface area contributed by atoms with Gasteiger partial charge in [0, 0.05) is 84.2 Å². The van der Waals surface area contributed by atoms with E-state index in [4.69, 9.17) is 17.5 Å². The van der Waals surface area contributed by atoms with Crippen molar-refractivity contribution >= 4 is 141 Å². The van der Waals surface area contributed by atoms with Crippen LogP contribution in [0.15, 0.2) is 94.1 Å². The van der Waals surface area contributed by atoms with E-state index in [1.54, 1.807) is 0 Å². The van der Waals surface area contributed by atoms with Crippen molar-refractivity contribution in [1.29, 1.82) is 0 Å². The Balaban J connectivity index is 0.000000172. The molecule has 5 aromatic rings. The maximum atomic E-state index is 12.9. The van der Waals surface area contributed by atoms with E-state index in [0.717, 1.165) is 99.0 Å². The first kappa shape index (κ1) is 63.7. The molecule has 0 bridgehead atoms. The molecule has 5 aliphatic rings. The standard InChI is InChI=1S/C14H17BrO.C13H15BrO.C12H11BrO.C10H8Br2O.C10H8BrFO.H2O4S/c1-3-4-5-10-7-11-6-9(2)14(16)13(11)12(15)8-10;1-7(2)9-4-5-11(14)12-10(9)6-8(3)13(12)15;1-3-8-4-5-10(13)11-9(8)6-7(2)12(11)14;1-5-2-6-3-7(11)4-8(12)9(6)10(5)13;1-5-2-6-3-7(12)4-8(11)9(6)10(5)13;1-5(2,3)4/h7-9H,3-6H2,1-2H3;4-5,7-8H,6H2,1-3H3;3-5,7H,1,6H2,2H3;2*3-5H,2H2,1H3;(H2,1,2,3,4). The average molecular weight is 1440 g/mol. The van der Waals surface area contributed by atoms with Crippen LogP contribution in [0.25, 0.3) is 6.08 Å². The van der Waals surface area contributed by atoms with Crippen LogP contribution >= 0.6 is 95.6 Å². The van der Waals surface area contributed by atoms with Crippen LogP contribution in [0.1, 0.15) is 170 Å². The molecule has 5 aromatic carbocycles. The zero-order valence-corrected chi connectivity index (χ0v) is 53.8. The van der Waals surface area contributed by atoms with Crippen LogP contribution in [-0.4, -0.2) is 46.4 Å². The Labute approximate surface area is 496 Å². The third-order valence-corrected chi connectivity index (χ3v) is 17.5. The number of unbranched alkanes of at least 4 members (excludes halogenated alkanes) is 1. The Kier molecular flexibility index (Phi) is 22.9. The fourth-order valence-corrected chi connectivity index (χ4v) is 14.1. The Bertz CT molecular complexity index is 3140. The van der Waals surface area contributed by atoms with Gasteiger partial charge in [0.2, 0.25) is 0 Å². The van der Waals surface area contributed by atoms with Gasteiger partial charge in [-0.25, -0.2) is 4.39 Å². The first-order chi connectivity index (χ1) is 35.5. The fraction of sp³-hybridized carbons (Fsp3) is 0.373. The van der Waals surface area contributed by atoms with E-state index in [1.165, 1.54) is 47.2 Å². The number of carbonyl (C=O) groups is 5. The molecule has 9 nitrogen and oxygen atoms in total. The van der Waals surface area contributed by atoms with E-state index in [-0.39, 0.29) is 52.8 Å². The van der Waals surface area contributed by atoms with Gasteiger partial charge in [0.25, 0.3) is 0 Å². The number of ketones is 5. The minimum Gasteiger partial charge on any atom is -0.294 e. The van der Waals surface area contributed by atoms with Crippen molar-refractivity contribution in [3.05, 3.63) is 172 Å². The van der Waals surface area contributed by atoms with Gasteiger partial charge in [0.05, 0.1) is 0 Å². The molecule has 5 aliphatic carbocycles. The highest BCUT2D eigenvalue weighted by atomic mass is 79.9. The predicted molar refractivity (Wildman–Crippen MR) is 321 cm³/mol. The summed E-state index contributed by atoms with van der Waals surface area (Å²) in [4.78, 5) is 59.0. The number of aryl methyl sites for hydroxylation is 1. The van der Waals surface area contributed by atoms with Crippen LogP contribution in [0.5, 0.6) is 0 Å². The minimum absolute atomic E-state index is 0.00639. The van der Waals surface area contributed by atoms with Gasteiger partial charge in [0.15, 0.2) is 28.9 Å². The second-order valence-corrected chi connectivity index (χ2v) is 26.3. The van der Waals surface area contributed by atoms with Crippen LogP contribution in [0.4, 0.5) is 4.39 Å². The second-order valence-electron chi connectivity index (χ2n) is 20.2. The fourth-order valence-electron chi connectivity index (χ4n) is 10.1. The van der Waals surface area contributed by atoms with Gasteiger partial charge in [-0.1, -0.05) is 156 Å². The smallest absolute Gasteiger partial charge is 0.294 e. The molecule has 0 fully saturated rings. The number of carbonyl (C=O) groups excluding carboxylic acids is 5. The lowest BCUT2D eigenvalue weighted by Gasteiger charge is -2.12. The maximum Gasteiger partial charge on any atom is 0.394 e. The summed E-state index contributed by atoms with van der Waals surface area (Å²) in [6.07, 6.45) is 9.54. The largest absolute Gasteiger partial charge is 0.394 e. The zero-order chi connectivity index (χ0) is 56.8. The second kappa shape index (κ2) is 27.4. The van der Waals surface area contributed by atoms with Crippen LogP contribution in [0.3, 0.4) is 0 Å². The molecule has 76 heavy (non-hydrogen) atoms. The Hall–Kier alpha value is -3.13. The third-order valence-electron chi connectivity index (χ3n) is 13.8. The van der Waals surface area contributed by atoms with Gasteiger partial charge >= 0.3 is 10.4 Å². The van der Waals surface area contributed by atoms with E-state index in [1.807, 2.05) is 71.0 Å².